The van der Waals surface area contributed by atoms with Crippen molar-refractivity contribution in [3.63, 3.8) is 0 Å². The van der Waals surface area contributed by atoms with Crippen LogP contribution in [0.15, 0.2) is 35.1 Å². The Kier molecular flexibility index (Phi) is 4.71. The summed E-state index contributed by atoms with van der Waals surface area (Å²) >= 11 is 3.39. The topological polar surface area (TPSA) is 29.9 Å². The third-order valence-electron chi connectivity index (χ3n) is 3.09. The Morgan fingerprint density at radius 2 is 2.26 bits per heavy atom. The zero-order chi connectivity index (χ0) is 13.8. The summed E-state index contributed by atoms with van der Waals surface area (Å²) in [6.45, 7) is 2.79. The van der Waals surface area contributed by atoms with Crippen molar-refractivity contribution in [2.75, 3.05) is 6.54 Å². The van der Waals surface area contributed by atoms with Crippen molar-refractivity contribution in [2.24, 2.45) is 7.05 Å². The number of hydrogen-bond donors (Lipinski definition) is 1. The number of nitrogens with one attached hydrogen (secondary N) is 1. The van der Waals surface area contributed by atoms with Crippen molar-refractivity contribution >= 4 is 15.9 Å². The second kappa shape index (κ2) is 6.30. The Morgan fingerprint density at radius 3 is 2.89 bits per heavy atom. The smallest absolute Gasteiger partial charge is 0.128 e. The first-order chi connectivity index (χ1) is 9.11. The van der Waals surface area contributed by atoms with Crippen LogP contribution < -0.4 is 5.32 Å². The molecule has 19 heavy (non-hydrogen) atoms. The molecule has 0 aliphatic rings. The van der Waals surface area contributed by atoms with Crippen molar-refractivity contribution in [1.82, 2.24) is 14.9 Å². The lowest BCUT2D eigenvalue weighted by Crippen LogP contribution is -2.25. The van der Waals surface area contributed by atoms with Crippen LogP contribution in [0.25, 0.3) is 0 Å². The Hall–Kier alpha value is -1.20. The van der Waals surface area contributed by atoms with Gasteiger partial charge in [0.05, 0.1) is 0 Å². The maximum Gasteiger partial charge on any atom is 0.128 e. The van der Waals surface area contributed by atoms with Gasteiger partial charge in [-0.2, -0.15) is 0 Å². The van der Waals surface area contributed by atoms with Gasteiger partial charge in [-0.3, -0.25) is 0 Å². The second-order valence-electron chi connectivity index (χ2n) is 4.43. The van der Waals surface area contributed by atoms with Gasteiger partial charge in [0.2, 0.25) is 0 Å². The molecule has 1 unspecified atom stereocenters. The fourth-order valence-corrected chi connectivity index (χ4v) is 2.47. The summed E-state index contributed by atoms with van der Waals surface area (Å²) < 4.78 is 16.8. The van der Waals surface area contributed by atoms with Gasteiger partial charge in [0.1, 0.15) is 11.6 Å². The highest BCUT2D eigenvalue weighted by atomic mass is 79.9. The first-order valence-electron chi connectivity index (χ1n) is 6.26. The van der Waals surface area contributed by atoms with Crippen molar-refractivity contribution in [3.8, 4) is 0 Å². The number of imidazole rings is 1. The van der Waals surface area contributed by atoms with Gasteiger partial charge in [-0.25, -0.2) is 9.37 Å². The van der Waals surface area contributed by atoms with E-state index in [9.17, 15) is 4.39 Å². The summed E-state index contributed by atoms with van der Waals surface area (Å²) in [7, 11) is 1.95. The van der Waals surface area contributed by atoms with Crippen molar-refractivity contribution in [1.29, 1.82) is 0 Å². The van der Waals surface area contributed by atoms with E-state index in [4.69, 9.17) is 0 Å². The van der Waals surface area contributed by atoms with E-state index >= 15 is 0 Å². The predicted molar refractivity (Wildman–Crippen MR) is 77.4 cm³/mol. The summed E-state index contributed by atoms with van der Waals surface area (Å²) in [5.74, 6) is 0.744. The van der Waals surface area contributed by atoms with Gasteiger partial charge in [-0.05, 0) is 24.7 Å². The molecule has 0 aliphatic carbocycles. The van der Waals surface area contributed by atoms with Crippen LogP contribution in [-0.4, -0.2) is 16.1 Å². The number of hydrogen-bond acceptors (Lipinski definition) is 2. The van der Waals surface area contributed by atoms with Crippen molar-refractivity contribution in [3.05, 3.63) is 52.3 Å². The van der Waals surface area contributed by atoms with E-state index in [1.54, 1.807) is 12.3 Å². The predicted octanol–water partition coefficient (Wildman–Crippen LogP) is 3.22. The van der Waals surface area contributed by atoms with E-state index in [2.05, 4.69) is 26.2 Å². The van der Waals surface area contributed by atoms with Crippen LogP contribution in [-0.2, 0) is 13.5 Å². The molecule has 1 aromatic heterocycles. The fourth-order valence-electron chi connectivity index (χ4n) is 2.10. The molecule has 1 heterocycles. The van der Waals surface area contributed by atoms with E-state index in [0.29, 0.717) is 12.0 Å². The molecule has 2 aromatic rings. The molecule has 0 amide bonds. The minimum Gasteiger partial charge on any atom is -0.338 e. The monoisotopic (exact) mass is 325 g/mol. The number of rotatable bonds is 5. The maximum absolute atomic E-state index is 14.0. The fraction of sp³-hybridized carbons (Fsp3) is 0.357. The summed E-state index contributed by atoms with van der Waals surface area (Å²) in [5.41, 5.74) is 0.666. The zero-order valence-corrected chi connectivity index (χ0v) is 12.6. The average Bonchev–Trinajstić information content (AvgIpc) is 2.78. The van der Waals surface area contributed by atoms with Gasteiger partial charge in [0.15, 0.2) is 0 Å². The van der Waals surface area contributed by atoms with E-state index < -0.39 is 0 Å². The van der Waals surface area contributed by atoms with Gasteiger partial charge >= 0.3 is 0 Å². The lowest BCUT2D eigenvalue weighted by molar-refractivity contribution is 0.496. The summed E-state index contributed by atoms with van der Waals surface area (Å²) in [5, 5.41) is 3.32. The molecule has 0 fully saturated rings. The van der Waals surface area contributed by atoms with E-state index in [-0.39, 0.29) is 11.9 Å². The van der Waals surface area contributed by atoms with Crippen LogP contribution in [0, 0.1) is 5.82 Å². The normalized spacial score (nSPS) is 12.6. The van der Waals surface area contributed by atoms with Crippen molar-refractivity contribution < 1.29 is 4.39 Å². The first kappa shape index (κ1) is 14.2. The number of benzene rings is 1. The third-order valence-corrected chi connectivity index (χ3v) is 3.58. The first-order valence-corrected chi connectivity index (χ1v) is 7.05. The minimum atomic E-state index is -0.191. The molecule has 3 nitrogen and oxygen atoms in total. The lowest BCUT2D eigenvalue weighted by atomic mass is 10.0. The molecule has 0 aliphatic heterocycles. The zero-order valence-electron chi connectivity index (χ0n) is 11.0. The van der Waals surface area contributed by atoms with Crippen LogP contribution >= 0.6 is 15.9 Å². The summed E-state index contributed by atoms with van der Waals surface area (Å²) in [4.78, 5) is 4.30. The lowest BCUT2D eigenvalue weighted by Gasteiger charge is -2.19. The summed E-state index contributed by atoms with van der Waals surface area (Å²) in [6.07, 6.45) is 4.32. The van der Waals surface area contributed by atoms with E-state index in [1.807, 2.05) is 30.8 Å². The second-order valence-corrected chi connectivity index (χ2v) is 5.35. The molecule has 1 aromatic carbocycles. The molecule has 0 spiro atoms. The quantitative estimate of drug-likeness (QED) is 0.914. The molecule has 102 valence electrons. The Balaban J connectivity index is 2.29. The molecule has 5 heteroatoms. The molecule has 0 bridgehead atoms. The summed E-state index contributed by atoms with van der Waals surface area (Å²) in [6, 6.07) is 4.94. The molecular weight excluding hydrogens is 309 g/mol. The van der Waals surface area contributed by atoms with Gasteiger partial charge in [0, 0.05) is 41.9 Å². The minimum absolute atomic E-state index is 0.0800. The van der Waals surface area contributed by atoms with E-state index in [1.165, 1.54) is 6.07 Å². The van der Waals surface area contributed by atoms with Gasteiger partial charge in [-0.15, -0.1) is 0 Å². The van der Waals surface area contributed by atoms with Crippen LogP contribution in [0.1, 0.15) is 24.4 Å². The molecule has 2 rings (SSSR count). The Morgan fingerprint density at radius 1 is 1.47 bits per heavy atom. The van der Waals surface area contributed by atoms with Gasteiger partial charge in [0.25, 0.3) is 0 Å². The highest BCUT2D eigenvalue weighted by Crippen LogP contribution is 2.24. The Bertz CT molecular complexity index is 553. The largest absolute Gasteiger partial charge is 0.338 e. The molecule has 0 radical (unpaired) electrons. The van der Waals surface area contributed by atoms with Crippen LogP contribution in [0.3, 0.4) is 0 Å². The SMILES string of the molecule is CCNC(Cc1nccn1C)c1cc(Br)ccc1F. The van der Waals surface area contributed by atoms with E-state index in [0.717, 1.165) is 16.8 Å². The highest BCUT2D eigenvalue weighted by Gasteiger charge is 2.17. The standard InChI is InChI=1S/C14H17BrFN3/c1-3-17-13(9-14-18-6-7-19(14)2)11-8-10(15)4-5-12(11)16/h4-8,13,17H,3,9H2,1-2H3. The molecule has 0 saturated heterocycles. The van der Waals surface area contributed by atoms with Crippen LogP contribution in [0.4, 0.5) is 4.39 Å². The number of nitrogens with zero attached hydrogens (tertiary/aromatic N) is 2. The number of aryl methyl sites for hydroxylation is 1. The molecule has 1 N–H and O–H groups in total. The van der Waals surface area contributed by atoms with Gasteiger partial charge in [-0.1, -0.05) is 22.9 Å². The average molecular weight is 326 g/mol. The molecule has 1 atom stereocenters. The van der Waals surface area contributed by atoms with Crippen molar-refractivity contribution in [2.45, 2.75) is 19.4 Å². The number of likely N-dealkylation sites (N-methyl/N-ethyl adjacent to an activating group) is 1. The maximum atomic E-state index is 14.0. The number of aromatic nitrogens is 2. The highest BCUT2D eigenvalue weighted by molar-refractivity contribution is 9.10. The van der Waals surface area contributed by atoms with Gasteiger partial charge < -0.3 is 9.88 Å². The third kappa shape index (κ3) is 3.42. The number of halogens is 2. The Labute approximate surface area is 121 Å². The molecular formula is C14H17BrFN3. The molecule has 0 saturated carbocycles. The van der Waals surface area contributed by atoms with Crippen LogP contribution in [0.2, 0.25) is 0 Å². The van der Waals surface area contributed by atoms with Crippen LogP contribution in [0.5, 0.6) is 0 Å².